The Balaban J connectivity index is 1.77. The SMILES string of the molecule is CC(CC1CC1)NC(=O)c1c[nH]c2cc(N)ccc12. The number of aromatic nitrogens is 1. The Kier molecular flexibility index (Phi) is 2.93. The maximum absolute atomic E-state index is 12.3. The van der Waals surface area contributed by atoms with Crippen LogP contribution in [0.2, 0.25) is 0 Å². The number of hydrogen-bond donors (Lipinski definition) is 3. The molecule has 19 heavy (non-hydrogen) atoms. The van der Waals surface area contributed by atoms with Crippen molar-refractivity contribution in [3.8, 4) is 0 Å². The Morgan fingerprint density at radius 2 is 2.32 bits per heavy atom. The molecular weight excluding hydrogens is 238 g/mol. The van der Waals surface area contributed by atoms with Crippen LogP contribution < -0.4 is 11.1 Å². The van der Waals surface area contributed by atoms with Crippen LogP contribution in [-0.2, 0) is 0 Å². The smallest absolute Gasteiger partial charge is 0.253 e. The normalized spacial score (nSPS) is 16.5. The Hall–Kier alpha value is -1.97. The molecule has 0 radical (unpaired) electrons. The summed E-state index contributed by atoms with van der Waals surface area (Å²) in [6.07, 6.45) is 5.46. The molecule has 0 saturated heterocycles. The number of H-pyrrole nitrogens is 1. The molecule has 100 valence electrons. The molecule has 1 amide bonds. The largest absolute Gasteiger partial charge is 0.399 e. The topological polar surface area (TPSA) is 70.9 Å². The number of hydrogen-bond acceptors (Lipinski definition) is 2. The molecule has 3 rings (SSSR count). The second kappa shape index (κ2) is 4.61. The van der Waals surface area contributed by atoms with Crippen LogP contribution >= 0.6 is 0 Å². The maximum Gasteiger partial charge on any atom is 0.253 e. The average Bonchev–Trinajstić information content (AvgIpc) is 3.06. The summed E-state index contributed by atoms with van der Waals surface area (Å²) in [6, 6.07) is 5.79. The molecule has 1 fully saturated rings. The number of carbonyl (C=O) groups is 1. The van der Waals surface area contributed by atoms with Gasteiger partial charge in [0.1, 0.15) is 0 Å². The zero-order chi connectivity index (χ0) is 13.4. The van der Waals surface area contributed by atoms with E-state index in [1.54, 1.807) is 6.20 Å². The highest BCUT2D eigenvalue weighted by atomic mass is 16.1. The Morgan fingerprint density at radius 3 is 3.05 bits per heavy atom. The van der Waals surface area contributed by atoms with Crippen molar-refractivity contribution in [1.29, 1.82) is 0 Å². The Morgan fingerprint density at radius 1 is 1.53 bits per heavy atom. The van der Waals surface area contributed by atoms with Gasteiger partial charge in [0, 0.05) is 28.8 Å². The molecule has 0 bridgehead atoms. The molecular formula is C15H19N3O. The zero-order valence-corrected chi connectivity index (χ0v) is 11.1. The summed E-state index contributed by atoms with van der Waals surface area (Å²) >= 11 is 0. The van der Waals surface area contributed by atoms with Crippen molar-refractivity contribution in [3.05, 3.63) is 30.0 Å². The number of amides is 1. The van der Waals surface area contributed by atoms with Gasteiger partial charge in [0.2, 0.25) is 0 Å². The first-order chi connectivity index (χ1) is 9.13. The standard InChI is InChI=1S/C15H19N3O/c1-9(6-10-2-3-10)18-15(19)13-8-17-14-7-11(16)4-5-12(13)14/h4-5,7-10,17H,2-3,6,16H2,1H3,(H,18,19). The van der Waals surface area contributed by atoms with Crippen LogP contribution in [0.1, 0.15) is 36.5 Å². The lowest BCUT2D eigenvalue weighted by atomic mass is 10.1. The minimum Gasteiger partial charge on any atom is -0.399 e. The van der Waals surface area contributed by atoms with E-state index in [1.807, 2.05) is 18.2 Å². The van der Waals surface area contributed by atoms with Crippen LogP contribution in [0.25, 0.3) is 10.9 Å². The average molecular weight is 257 g/mol. The van der Waals surface area contributed by atoms with Crippen LogP contribution in [0.3, 0.4) is 0 Å². The third-order valence-electron chi connectivity index (χ3n) is 3.71. The number of fused-ring (bicyclic) bond motifs is 1. The molecule has 1 aromatic heterocycles. The van der Waals surface area contributed by atoms with E-state index in [4.69, 9.17) is 5.73 Å². The summed E-state index contributed by atoms with van der Waals surface area (Å²) in [7, 11) is 0. The third kappa shape index (κ3) is 2.57. The summed E-state index contributed by atoms with van der Waals surface area (Å²) in [5, 5.41) is 3.99. The molecule has 1 aliphatic rings. The van der Waals surface area contributed by atoms with Crippen LogP contribution in [-0.4, -0.2) is 16.9 Å². The molecule has 1 aliphatic carbocycles. The second-order valence-electron chi connectivity index (χ2n) is 5.56. The van der Waals surface area contributed by atoms with Gasteiger partial charge in [-0.2, -0.15) is 0 Å². The summed E-state index contributed by atoms with van der Waals surface area (Å²) in [6.45, 7) is 2.07. The Labute approximate surface area is 112 Å². The first-order valence-electron chi connectivity index (χ1n) is 6.81. The van der Waals surface area contributed by atoms with Gasteiger partial charge in [-0.05, 0) is 37.5 Å². The lowest BCUT2D eigenvalue weighted by Gasteiger charge is -2.12. The maximum atomic E-state index is 12.3. The van der Waals surface area contributed by atoms with Crippen molar-refractivity contribution in [2.45, 2.75) is 32.2 Å². The number of benzene rings is 1. The predicted octanol–water partition coefficient (Wildman–Crippen LogP) is 2.67. The molecule has 1 saturated carbocycles. The predicted molar refractivity (Wildman–Crippen MR) is 77.0 cm³/mol. The zero-order valence-electron chi connectivity index (χ0n) is 11.1. The summed E-state index contributed by atoms with van der Waals surface area (Å²) < 4.78 is 0. The van der Waals surface area contributed by atoms with E-state index in [0.717, 1.165) is 23.2 Å². The molecule has 4 nitrogen and oxygen atoms in total. The number of nitrogens with one attached hydrogen (secondary N) is 2. The molecule has 0 spiro atoms. The van der Waals surface area contributed by atoms with Crippen molar-refractivity contribution in [2.75, 3.05) is 5.73 Å². The van der Waals surface area contributed by atoms with E-state index in [0.29, 0.717) is 11.3 Å². The first-order valence-corrected chi connectivity index (χ1v) is 6.81. The number of carbonyl (C=O) groups excluding carboxylic acids is 1. The number of aromatic amines is 1. The molecule has 1 atom stereocenters. The van der Waals surface area contributed by atoms with Gasteiger partial charge in [-0.1, -0.05) is 12.8 Å². The third-order valence-corrected chi connectivity index (χ3v) is 3.71. The highest BCUT2D eigenvalue weighted by Crippen LogP contribution is 2.33. The number of anilines is 1. The molecule has 2 aromatic rings. The fourth-order valence-corrected chi connectivity index (χ4v) is 2.55. The lowest BCUT2D eigenvalue weighted by Crippen LogP contribution is -2.32. The van der Waals surface area contributed by atoms with Gasteiger partial charge >= 0.3 is 0 Å². The van der Waals surface area contributed by atoms with Crippen molar-refractivity contribution < 1.29 is 4.79 Å². The van der Waals surface area contributed by atoms with E-state index in [-0.39, 0.29) is 11.9 Å². The molecule has 1 heterocycles. The van der Waals surface area contributed by atoms with Crippen LogP contribution in [0, 0.1) is 5.92 Å². The molecule has 4 heteroatoms. The molecule has 0 aliphatic heterocycles. The van der Waals surface area contributed by atoms with Crippen molar-refractivity contribution >= 4 is 22.5 Å². The summed E-state index contributed by atoms with van der Waals surface area (Å²) in [5.41, 5.74) is 8.02. The van der Waals surface area contributed by atoms with Gasteiger partial charge in [0.05, 0.1) is 5.56 Å². The van der Waals surface area contributed by atoms with E-state index >= 15 is 0 Å². The second-order valence-corrected chi connectivity index (χ2v) is 5.56. The molecule has 4 N–H and O–H groups in total. The van der Waals surface area contributed by atoms with Gasteiger partial charge in [-0.15, -0.1) is 0 Å². The van der Waals surface area contributed by atoms with Crippen molar-refractivity contribution in [3.63, 3.8) is 0 Å². The van der Waals surface area contributed by atoms with E-state index in [9.17, 15) is 4.79 Å². The molecule has 1 aromatic carbocycles. The minimum atomic E-state index is -0.0100. The highest BCUT2D eigenvalue weighted by molar-refractivity contribution is 6.07. The van der Waals surface area contributed by atoms with E-state index in [2.05, 4.69) is 17.2 Å². The summed E-state index contributed by atoms with van der Waals surface area (Å²) in [4.78, 5) is 15.4. The quantitative estimate of drug-likeness (QED) is 0.737. The van der Waals surface area contributed by atoms with E-state index < -0.39 is 0 Å². The minimum absolute atomic E-state index is 0.0100. The lowest BCUT2D eigenvalue weighted by molar-refractivity contribution is 0.0939. The Bertz CT molecular complexity index is 613. The van der Waals surface area contributed by atoms with Gasteiger partial charge in [0.15, 0.2) is 0 Å². The molecule has 1 unspecified atom stereocenters. The van der Waals surface area contributed by atoms with Crippen LogP contribution in [0.5, 0.6) is 0 Å². The van der Waals surface area contributed by atoms with Crippen molar-refractivity contribution in [2.24, 2.45) is 5.92 Å². The highest BCUT2D eigenvalue weighted by Gasteiger charge is 2.24. The van der Waals surface area contributed by atoms with Gasteiger partial charge in [0.25, 0.3) is 5.91 Å². The van der Waals surface area contributed by atoms with Gasteiger partial charge in [-0.3, -0.25) is 4.79 Å². The number of rotatable bonds is 4. The number of nitrogen functional groups attached to an aromatic ring is 1. The fourth-order valence-electron chi connectivity index (χ4n) is 2.55. The van der Waals surface area contributed by atoms with Crippen LogP contribution in [0.15, 0.2) is 24.4 Å². The van der Waals surface area contributed by atoms with Crippen LogP contribution in [0.4, 0.5) is 5.69 Å². The van der Waals surface area contributed by atoms with E-state index in [1.165, 1.54) is 12.8 Å². The summed E-state index contributed by atoms with van der Waals surface area (Å²) in [5.74, 6) is 0.808. The first kappa shape index (κ1) is 12.1. The number of nitrogens with two attached hydrogens (primary N) is 1. The fraction of sp³-hybridized carbons (Fsp3) is 0.400. The van der Waals surface area contributed by atoms with Crippen molar-refractivity contribution in [1.82, 2.24) is 10.3 Å². The monoisotopic (exact) mass is 257 g/mol. The van der Waals surface area contributed by atoms with Gasteiger partial charge < -0.3 is 16.0 Å². The van der Waals surface area contributed by atoms with Gasteiger partial charge in [-0.25, -0.2) is 0 Å².